The molecule has 0 aromatic rings. The minimum Gasteiger partial charge on any atom is -0.214 e. The van der Waals surface area contributed by atoms with Crippen LogP contribution in [0.15, 0.2) is 0 Å². The van der Waals surface area contributed by atoms with Crippen LogP contribution in [-0.4, -0.2) is 20.2 Å². The molecule has 0 aliphatic carbocycles. The SMILES string of the molecule is CCC(C)(C)CNS(=O)(=O)CCl. The van der Waals surface area contributed by atoms with E-state index in [4.69, 9.17) is 11.6 Å². The lowest BCUT2D eigenvalue weighted by Crippen LogP contribution is -2.34. The van der Waals surface area contributed by atoms with Gasteiger partial charge in [0.15, 0.2) is 0 Å². The van der Waals surface area contributed by atoms with Gasteiger partial charge in [0.05, 0.1) is 0 Å². The van der Waals surface area contributed by atoms with E-state index in [9.17, 15) is 8.42 Å². The van der Waals surface area contributed by atoms with Crippen LogP contribution in [0, 0.1) is 5.41 Å². The molecule has 0 spiro atoms. The summed E-state index contributed by atoms with van der Waals surface area (Å²) in [6, 6.07) is 0. The molecule has 0 rings (SSSR count). The van der Waals surface area contributed by atoms with E-state index >= 15 is 0 Å². The second-order valence-corrected chi connectivity index (χ2v) is 5.95. The van der Waals surface area contributed by atoms with Gasteiger partial charge >= 0.3 is 0 Å². The molecule has 0 aliphatic rings. The first-order valence-corrected chi connectivity index (χ1v) is 6.05. The van der Waals surface area contributed by atoms with E-state index in [-0.39, 0.29) is 10.6 Å². The van der Waals surface area contributed by atoms with Crippen molar-refractivity contribution in [1.29, 1.82) is 0 Å². The number of rotatable bonds is 5. The predicted molar refractivity (Wildman–Crippen MR) is 51.7 cm³/mol. The monoisotopic (exact) mass is 213 g/mol. The maximum absolute atomic E-state index is 10.9. The Morgan fingerprint density at radius 2 is 1.92 bits per heavy atom. The molecular weight excluding hydrogens is 198 g/mol. The highest BCUT2D eigenvalue weighted by molar-refractivity contribution is 7.90. The van der Waals surface area contributed by atoms with Gasteiger partial charge in [0.1, 0.15) is 5.21 Å². The van der Waals surface area contributed by atoms with Crippen molar-refractivity contribution in [2.75, 3.05) is 11.8 Å². The smallest absolute Gasteiger partial charge is 0.214 e. The predicted octanol–water partition coefficient (Wildman–Crippen LogP) is 1.54. The van der Waals surface area contributed by atoms with Gasteiger partial charge in [0, 0.05) is 6.54 Å². The first-order valence-electron chi connectivity index (χ1n) is 3.86. The molecule has 0 unspecified atom stereocenters. The van der Waals surface area contributed by atoms with Crippen molar-refractivity contribution in [3.05, 3.63) is 0 Å². The minimum absolute atomic E-state index is 0.000864. The van der Waals surface area contributed by atoms with Gasteiger partial charge in [0.2, 0.25) is 10.0 Å². The number of sulfonamides is 1. The summed E-state index contributed by atoms with van der Waals surface area (Å²) in [5.74, 6) is 0. The van der Waals surface area contributed by atoms with Crippen molar-refractivity contribution in [2.45, 2.75) is 27.2 Å². The fourth-order valence-electron chi connectivity index (χ4n) is 0.469. The fourth-order valence-corrected chi connectivity index (χ4v) is 1.39. The lowest BCUT2D eigenvalue weighted by Gasteiger charge is -2.22. The molecule has 0 radical (unpaired) electrons. The summed E-state index contributed by atoms with van der Waals surface area (Å²) < 4.78 is 24.3. The van der Waals surface area contributed by atoms with Crippen LogP contribution in [0.1, 0.15) is 27.2 Å². The van der Waals surface area contributed by atoms with Crippen molar-refractivity contribution in [1.82, 2.24) is 4.72 Å². The minimum atomic E-state index is -3.25. The van der Waals surface area contributed by atoms with E-state index in [0.717, 1.165) is 6.42 Å². The average molecular weight is 214 g/mol. The van der Waals surface area contributed by atoms with Crippen molar-refractivity contribution in [2.24, 2.45) is 5.41 Å². The Kier molecular flexibility index (Phi) is 4.51. The van der Waals surface area contributed by atoms with Gasteiger partial charge in [-0.2, -0.15) is 0 Å². The maximum Gasteiger partial charge on any atom is 0.225 e. The molecule has 0 heterocycles. The van der Waals surface area contributed by atoms with Crippen molar-refractivity contribution in [3.8, 4) is 0 Å². The zero-order valence-electron chi connectivity index (χ0n) is 7.72. The molecule has 0 aliphatic heterocycles. The summed E-state index contributed by atoms with van der Waals surface area (Å²) >= 11 is 5.21. The molecule has 0 atom stereocenters. The van der Waals surface area contributed by atoms with Crippen LogP contribution in [0.25, 0.3) is 0 Å². The standard InChI is InChI=1S/C7H16ClNO2S/c1-4-7(2,3)5-9-12(10,11)6-8/h9H,4-6H2,1-3H3. The molecule has 0 amide bonds. The van der Waals surface area contributed by atoms with E-state index in [1.807, 2.05) is 20.8 Å². The van der Waals surface area contributed by atoms with Crippen LogP contribution in [0.2, 0.25) is 0 Å². The largest absolute Gasteiger partial charge is 0.225 e. The van der Waals surface area contributed by atoms with E-state index < -0.39 is 10.0 Å². The average Bonchev–Trinajstić information content (AvgIpc) is 2.02. The Morgan fingerprint density at radius 1 is 1.42 bits per heavy atom. The van der Waals surface area contributed by atoms with E-state index in [1.165, 1.54) is 0 Å². The lowest BCUT2D eigenvalue weighted by atomic mass is 9.91. The third-order valence-electron chi connectivity index (χ3n) is 1.87. The Hall–Kier alpha value is 0.200. The summed E-state index contributed by atoms with van der Waals surface area (Å²) in [6.07, 6.45) is 0.928. The third-order valence-corrected chi connectivity index (χ3v) is 3.60. The van der Waals surface area contributed by atoms with Crippen molar-refractivity contribution >= 4 is 21.6 Å². The lowest BCUT2D eigenvalue weighted by molar-refractivity contribution is 0.350. The molecule has 12 heavy (non-hydrogen) atoms. The molecule has 1 N–H and O–H groups in total. The van der Waals surface area contributed by atoms with E-state index in [2.05, 4.69) is 4.72 Å². The molecule has 0 saturated heterocycles. The highest BCUT2D eigenvalue weighted by atomic mass is 35.5. The summed E-state index contributed by atoms with van der Waals surface area (Å²) in [7, 11) is -3.25. The third kappa shape index (κ3) is 4.95. The van der Waals surface area contributed by atoms with Crippen molar-refractivity contribution in [3.63, 3.8) is 0 Å². The maximum atomic E-state index is 10.9. The quantitative estimate of drug-likeness (QED) is 0.705. The van der Waals surface area contributed by atoms with Crippen LogP contribution >= 0.6 is 11.6 Å². The molecule has 3 nitrogen and oxygen atoms in total. The number of hydrogen-bond donors (Lipinski definition) is 1. The van der Waals surface area contributed by atoms with Crippen LogP contribution < -0.4 is 4.72 Å². The Balaban J connectivity index is 4.00. The summed E-state index contributed by atoms with van der Waals surface area (Å²) in [4.78, 5) is 0. The number of nitrogens with one attached hydrogen (secondary N) is 1. The first kappa shape index (κ1) is 12.2. The van der Waals surface area contributed by atoms with Gasteiger partial charge < -0.3 is 0 Å². The number of halogens is 1. The molecule has 0 saturated carbocycles. The van der Waals surface area contributed by atoms with Crippen LogP contribution in [0.4, 0.5) is 0 Å². The van der Waals surface area contributed by atoms with Gasteiger partial charge in [0.25, 0.3) is 0 Å². The number of alkyl halides is 1. The van der Waals surface area contributed by atoms with Gasteiger partial charge in [-0.25, -0.2) is 13.1 Å². The molecule has 0 bridgehead atoms. The Bertz CT molecular complexity index is 224. The molecular formula is C7H16ClNO2S. The highest BCUT2D eigenvalue weighted by Crippen LogP contribution is 2.17. The van der Waals surface area contributed by atoms with E-state index in [1.54, 1.807) is 0 Å². The van der Waals surface area contributed by atoms with Crippen molar-refractivity contribution < 1.29 is 8.42 Å². The zero-order chi connectivity index (χ0) is 9.83. The van der Waals surface area contributed by atoms with Crippen LogP contribution in [0.3, 0.4) is 0 Å². The van der Waals surface area contributed by atoms with Gasteiger partial charge in [-0.15, -0.1) is 11.6 Å². The second kappa shape index (κ2) is 4.44. The summed E-state index contributed by atoms with van der Waals surface area (Å²) in [5.41, 5.74) is -0.000864. The van der Waals surface area contributed by atoms with E-state index in [0.29, 0.717) is 6.54 Å². The van der Waals surface area contributed by atoms with Crippen LogP contribution in [-0.2, 0) is 10.0 Å². The Morgan fingerprint density at radius 3 is 2.25 bits per heavy atom. The Labute approximate surface area is 79.5 Å². The normalized spacial score (nSPS) is 13.3. The topological polar surface area (TPSA) is 46.2 Å². The summed E-state index contributed by atoms with van der Waals surface area (Å²) in [6.45, 7) is 6.47. The molecule has 0 fully saturated rings. The van der Waals surface area contributed by atoms with Crippen LogP contribution in [0.5, 0.6) is 0 Å². The highest BCUT2D eigenvalue weighted by Gasteiger charge is 2.18. The van der Waals surface area contributed by atoms with Gasteiger partial charge in [-0.3, -0.25) is 0 Å². The molecule has 0 aromatic heterocycles. The van der Waals surface area contributed by atoms with Gasteiger partial charge in [-0.05, 0) is 11.8 Å². The molecule has 5 heteroatoms. The molecule has 74 valence electrons. The fraction of sp³-hybridized carbons (Fsp3) is 1.00. The second-order valence-electron chi connectivity index (χ2n) is 3.56. The molecule has 0 aromatic carbocycles. The van der Waals surface area contributed by atoms with Gasteiger partial charge in [-0.1, -0.05) is 20.8 Å². The first-order chi connectivity index (χ1) is 5.33. The number of hydrogen-bond acceptors (Lipinski definition) is 2. The zero-order valence-corrected chi connectivity index (χ0v) is 9.30. The summed E-state index contributed by atoms with van der Waals surface area (Å²) in [5, 5.41) is -0.368.